The molecule has 0 bridgehead atoms. The van der Waals surface area contributed by atoms with Gasteiger partial charge < -0.3 is 4.57 Å². The average molecular weight is 248 g/mol. The van der Waals surface area contributed by atoms with Crippen LogP contribution in [0.1, 0.15) is 17.7 Å². The molecule has 0 atom stereocenters. The van der Waals surface area contributed by atoms with Crippen molar-refractivity contribution in [1.82, 2.24) is 4.57 Å². The fourth-order valence-corrected chi connectivity index (χ4v) is 2.74. The first kappa shape index (κ1) is 11.7. The van der Waals surface area contributed by atoms with Crippen LogP contribution < -0.4 is 5.49 Å². The zero-order valence-corrected chi connectivity index (χ0v) is 10.8. The summed E-state index contributed by atoms with van der Waals surface area (Å²) in [5, 5.41) is 2.43. The molecule has 2 heteroatoms. The Labute approximate surface area is 112 Å². The largest absolute Gasteiger partial charge is 0.302 e. The van der Waals surface area contributed by atoms with Gasteiger partial charge in [-0.1, -0.05) is 43.5 Å². The Morgan fingerprint density at radius 2 is 1.95 bits per heavy atom. The molecule has 0 fully saturated rings. The van der Waals surface area contributed by atoms with E-state index in [0.29, 0.717) is 0 Å². The van der Waals surface area contributed by atoms with Crippen molar-refractivity contribution in [2.45, 2.75) is 12.8 Å². The molecular formula is C17H16N2. The number of pyridine rings is 1. The first-order chi connectivity index (χ1) is 9.36. The van der Waals surface area contributed by atoms with E-state index in [9.17, 15) is 0 Å². The highest BCUT2D eigenvalue weighted by Gasteiger charge is 2.13. The zero-order valence-electron chi connectivity index (χ0n) is 10.8. The molecule has 1 aromatic heterocycles. The molecular weight excluding hydrogens is 232 g/mol. The van der Waals surface area contributed by atoms with Gasteiger partial charge >= 0.3 is 0 Å². The number of rotatable bonds is 2. The van der Waals surface area contributed by atoms with Crippen molar-refractivity contribution >= 4 is 23.0 Å². The first-order valence-electron chi connectivity index (χ1n) is 6.46. The maximum atomic E-state index is 4.44. The molecule has 2 nitrogen and oxygen atoms in total. The molecule has 1 heterocycles. The van der Waals surface area contributed by atoms with Crippen LogP contribution >= 0.6 is 0 Å². The van der Waals surface area contributed by atoms with E-state index in [2.05, 4.69) is 53.1 Å². The van der Waals surface area contributed by atoms with Gasteiger partial charge in [0.15, 0.2) is 0 Å². The Morgan fingerprint density at radius 1 is 1.16 bits per heavy atom. The van der Waals surface area contributed by atoms with Crippen LogP contribution in [0.4, 0.5) is 0 Å². The van der Waals surface area contributed by atoms with Gasteiger partial charge in [-0.2, -0.15) is 0 Å². The highest BCUT2D eigenvalue weighted by atomic mass is 15.0. The molecule has 0 radical (unpaired) electrons. The molecule has 19 heavy (non-hydrogen) atoms. The average Bonchev–Trinajstić information content (AvgIpc) is 2.48. The maximum Gasteiger partial charge on any atom is 0.144 e. The summed E-state index contributed by atoms with van der Waals surface area (Å²) in [7, 11) is 0. The van der Waals surface area contributed by atoms with E-state index < -0.39 is 0 Å². The predicted octanol–water partition coefficient (Wildman–Crippen LogP) is 3.75. The predicted molar refractivity (Wildman–Crippen MR) is 81.4 cm³/mol. The standard InChI is InChI=1S/C17H16N2/c1-3-18-17-15-11-6-5-9-13(15)14-10-7-8-12-16(14)19(17)4-2/h3-6,8-9,11-12H,1-2,7,10H2. The topological polar surface area (TPSA) is 17.3 Å². The minimum Gasteiger partial charge on any atom is -0.302 e. The van der Waals surface area contributed by atoms with Crippen LogP contribution in [0.15, 0.2) is 54.7 Å². The Kier molecular flexibility index (Phi) is 2.92. The summed E-state index contributed by atoms with van der Waals surface area (Å²) in [5.41, 5.74) is 3.45. The van der Waals surface area contributed by atoms with Gasteiger partial charge in [0.1, 0.15) is 5.49 Å². The monoisotopic (exact) mass is 248 g/mol. The summed E-state index contributed by atoms with van der Waals surface area (Å²) in [6.45, 7) is 7.64. The lowest BCUT2D eigenvalue weighted by Gasteiger charge is -2.19. The van der Waals surface area contributed by atoms with Crippen LogP contribution in [0.2, 0.25) is 0 Å². The van der Waals surface area contributed by atoms with E-state index in [4.69, 9.17) is 0 Å². The number of nitrogens with zero attached hydrogens (tertiary/aromatic N) is 2. The number of benzene rings is 1. The smallest absolute Gasteiger partial charge is 0.144 e. The third-order valence-corrected chi connectivity index (χ3v) is 3.52. The highest BCUT2D eigenvalue weighted by molar-refractivity contribution is 5.88. The number of allylic oxidation sites excluding steroid dienone is 1. The lowest BCUT2D eigenvalue weighted by molar-refractivity contribution is 0.924. The number of fused-ring (bicyclic) bond motifs is 3. The van der Waals surface area contributed by atoms with Gasteiger partial charge in [-0.15, -0.1) is 0 Å². The van der Waals surface area contributed by atoms with Gasteiger partial charge in [0.05, 0.1) is 5.69 Å². The third kappa shape index (κ3) is 1.76. The summed E-state index contributed by atoms with van der Waals surface area (Å²) in [6.07, 6.45) is 9.93. The maximum absolute atomic E-state index is 4.44. The molecule has 0 unspecified atom stereocenters. The van der Waals surface area contributed by atoms with Gasteiger partial charge in [-0.25, -0.2) is 4.99 Å². The number of hydrogen-bond acceptors (Lipinski definition) is 1. The molecule has 1 aliphatic carbocycles. The number of aryl methyl sites for hydroxylation is 1. The quantitative estimate of drug-likeness (QED) is 0.770. The normalized spacial score (nSPS) is 14.4. The summed E-state index contributed by atoms with van der Waals surface area (Å²) >= 11 is 0. The molecule has 1 aromatic carbocycles. The van der Waals surface area contributed by atoms with Crippen molar-refractivity contribution < 1.29 is 0 Å². The van der Waals surface area contributed by atoms with Gasteiger partial charge in [0.2, 0.25) is 0 Å². The minimum absolute atomic E-state index is 0.894. The van der Waals surface area contributed by atoms with E-state index >= 15 is 0 Å². The molecule has 1 aliphatic rings. The van der Waals surface area contributed by atoms with E-state index in [1.54, 1.807) is 6.20 Å². The Balaban J connectivity index is 2.60. The van der Waals surface area contributed by atoms with Crippen molar-refractivity contribution in [2.24, 2.45) is 4.99 Å². The molecule has 94 valence electrons. The second-order valence-electron chi connectivity index (χ2n) is 4.54. The Bertz CT molecular complexity index is 761. The van der Waals surface area contributed by atoms with Crippen molar-refractivity contribution in [1.29, 1.82) is 0 Å². The first-order valence-corrected chi connectivity index (χ1v) is 6.46. The van der Waals surface area contributed by atoms with Crippen molar-refractivity contribution in [3.8, 4) is 0 Å². The van der Waals surface area contributed by atoms with Crippen molar-refractivity contribution in [2.75, 3.05) is 0 Å². The molecule has 0 saturated carbocycles. The van der Waals surface area contributed by atoms with E-state index in [0.717, 1.165) is 23.7 Å². The van der Waals surface area contributed by atoms with Gasteiger partial charge in [-0.3, -0.25) is 0 Å². The molecule has 2 aromatic rings. The van der Waals surface area contributed by atoms with Crippen LogP contribution in [-0.2, 0) is 6.42 Å². The number of aromatic nitrogens is 1. The Morgan fingerprint density at radius 3 is 2.68 bits per heavy atom. The second-order valence-corrected chi connectivity index (χ2v) is 4.54. The van der Waals surface area contributed by atoms with Crippen LogP contribution in [-0.4, -0.2) is 4.57 Å². The zero-order chi connectivity index (χ0) is 13.2. The van der Waals surface area contributed by atoms with Crippen molar-refractivity contribution in [3.05, 3.63) is 66.4 Å². The van der Waals surface area contributed by atoms with Gasteiger partial charge in [0, 0.05) is 17.8 Å². The van der Waals surface area contributed by atoms with Crippen LogP contribution in [0.25, 0.3) is 23.0 Å². The van der Waals surface area contributed by atoms with E-state index in [1.807, 2.05) is 12.3 Å². The van der Waals surface area contributed by atoms with E-state index in [1.165, 1.54) is 16.6 Å². The van der Waals surface area contributed by atoms with E-state index in [-0.39, 0.29) is 0 Å². The molecule has 0 saturated heterocycles. The molecule has 0 amide bonds. The lowest BCUT2D eigenvalue weighted by atomic mass is 9.95. The van der Waals surface area contributed by atoms with Crippen molar-refractivity contribution in [3.63, 3.8) is 0 Å². The molecule has 3 rings (SSSR count). The van der Waals surface area contributed by atoms with Crippen LogP contribution in [0, 0.1) is 0 Å². The summed E-state index contributed by atoms with van der Waals surface area (Å²) in [5.74, 6) is 0. The Hall–Kier alpha value is -2.35. The fraction of sp³-hybridized carbons (Fsp3) is 0.118. The van der Waals surface area contributed by atoms with Gasteiger partial charge in [-0.05, 0) is 29.9 Å². The second kappa shape index (κ2) is 4.73. The lowest BCUT2D eigenvalue weighted by Crippen LogP contribution is -2.22. The SMILES string of the molecule is C=CN=c1c2ccccc2c2c(n1C=C)C=CCC2. The highest BCUT2D eigenvalue weighted by Crippen LogP contribution is 2.25. The molecule has 0 aliphatic heterocycles. The van der Waals surface area contributed by atoms with Crippen LogP contribution in [0.3, 0.4) is 0 Å². The summed E-state index contributed by atoms with van der Waals surface area (Å²) in [6, 6.07) is 8.40. The van der Waals surface area contributed by atoms with Crippen LogP contribution in [0.5, 0.6) is 0 Å². The molecule has 0 N–H and O–H groups in total. The minimum atomic E-state index is 0.894. The fourth-order valence-electron chi connectivity index (χ4n) is 2.74. The molecule has 0 spiro atoms. The summed E-state index contributed by atoms with van der Waals surface area (Å²) in [4.78, 5) is 4.44. The third-order valence-electron chi connectivity index (χ3n) is 3.52. The summed E-state index contributed by atoms with van der Waals surface area (Å²) < 4.78 is 2.05. The van der Waals surface area contributed by atoms with Gasteiger partial charge in [0.25, 0.3) is 0 Å². The number of hydrogen-bond donors (Lipinski definition) is 0.